The van der Waals surface area contributed by atoms with Crippen molar-refractivity contribution in [3.05, 3.63) is 35.4 Å². The maximum Gasteiger partial charge on any atom is 0.227 e. The van der Waals surface area contributed by atoms with Crippen molar-refractivity contribution in [1.29, 1.82) is 0 Å². The van der Waals surface area contributed by atoms with Gasteiger partial charge in [0, 0.05) is 32.7 Å². The van der Waals surface area contributed by atoms with Crippen LogP contribution in [0.15, 0.2) is 24.3 Å². The Morgan fingerprint density at radius 1 is 1.20 bits per heavy atom. The zero-order valence-electron chi connectivity index (χ0n) is 12.3. The second-order valence-electron chi connectivity index (χ2n) is 5.47. The van der Waals surface area contributed by atoms with Crippen molar-refractivity contribution in [2.24, 2.45) is 5.73 Å². The molecule has 0 bridgehead atoms. The van der Waals surface area contributed by atoms with E-state index in [1.165, 1.54) is 5.56 Å². The summed E-state index contributed by atoms with van der Waals surface area (Å²) in [5.41, 5.74) is 7.94. The average molecular weight is 275 g/mol. The Morgan fingerprint density at radius 3 is 2.75 bits per heavy atom. The fourth-order valence-electron chi connectivity index (χ4n) is 2.71. The minimum Gasteiger partial charge on any atom is -0.341 e. The van der Waals surface area contributed by atoms with Crippen molar-refractivity contribution in [2.75, 3.05) is 39.3 Å². The van der Waals surface area contributed by atoms with Gasteiger partial charge in [-0.1, -0.05) is 24.3 Å². The second kappa shape index (κ2) is 7.41. The third kappa shape index (κ3) is 4.05. The molecule has 4 nitrogen and oxygen atoms in total. The van der Waals surface area contributed by atoms with Gasteiger partial charge in [-0.15, -0.1) is 0 Å². The van der Waals surface area contributed by atoms with Crippen LogP contribution in [-0.4, -0.2) is 55.0 Å². The van der Waals surface area contributed by atoms with Crippen LogP contribution in [0.25, 0.3) is 0 Å². The molecule has 1 heterocycles. The van der Waals surface area contributed by atoms with Crippen LogP contribution in [0.1, 0.15) is 17.5 Å². The van der Waals surface area contributed by atoms with Crippen LogP contribution in [0.2, 0.25) is 0 Å². The van der Waals surface area contributed by atoms with E-state index in [-0.39, 0.29) is 5.91 Å². The standard InChI is InChI=1S/C16H25N3O/c1-14-5-2-3-6-15(14)13-16(20)19-9-4-8-18(10-7-17)11-12-19/h2-3,5-6H,4,7-13,17H2,1H3. The lowest BCUT2D eigenvalue weighted by Crippen LogP contribution is -2.37. The van der Waals surface area contributed by atoms with Crippen molar-refractivity contribution in [3.63, 3.8) is 0 Å². The number of rotatable bonds is 4. The first-order valence-electron chi connectivity index (χ1n) is 7.45. The number of carbonyl (C=O) groups is 1. The second-order valence-corrected chi connectivity index (χ2v) is 5.47. The molecule has 2 N–H and O–H groups in total. The molecule has 0 unspecified atom stereocenters. The molecular formula is C16H25N3O. The molecule has 0 radical (unpaired) electrons. The summed E-state index contributed by atoms with van der Waals surface area (Å²) in [6.45, 7) is 7.36. The van der Waals surface area contributed by atoms with Crippen LogP contribution in [0.4, 0.5) is 0 Å². The Morgan fingerprint density at radius 2 is 2.00 bits per heavy atom. The van der Waals surface area contributed by atoms with E-state index in [2.05, 4.69) is 17.9 Å². The Labute approximate surface area is 121 Å². The zero-order chi connectivity index (χ0) is 14.4. The van der Waals surface area contributed by atoms with E-state index >= 15 is 0 Å². The molecule has 1 aromatic rings. The predicted molar refractivity (Wildman–Crippen MR) is 81.6 cm³/mol. The smallest absolute Gasteiger partial charge is 0.227 e. The largest absolute Gasteiger partial charge is 0.341 e. The third-order valence-corrected chi connectivity index (χ3v) is 3.99. The van der Waals surface area contributed by atoms with Crippen molar-refractivity contribution < 1.29 is 4.79 Å². The third-order valence-electron chi connectivity index (χ3n) is 3.99. The normalized spacial score (nSPS) is 17.0. The summed E-state index contributed by atoms with van der Waals surface area (Å²) in [5, 5.41) is 0. The van der Waals surface area contributed by atoms with Gasteiger partial charge in [0.25, 0.3) is 0 Å². The van der Waals surface area contributed by atoms with Crippen LogP contribution in [-0.2, 0) is 11.2 Å². The number of nitrogens with zero attached hydrogens (tertiary/aromatic N) is 2. The number of nitrogens with two attached hydrogens (primary N) is 1. The zero-order valence-corrected chi connectivity index (χ0v) is 12.3. The molecule has 110 valence electrons. The van der Waals surface area contributed by atoms with Gasteiger partial charge in [-0.3, -0.25) is 4.79 Å². The molecule has 0 atom stereocenters. The number of hydrogen-bond acceptors (Lipinski definition) is 3. The van der Waals surface area contributed by atoms with Crippen LogP contribution in [0, 0.1) is 6.92 Å². The molecule has 0 aliphatic carbocycles. The fourth-order valence-corrected chi connectivity index (χ4v) is 2.71. The molecule has 1 fully saturated rings. The van der Waals surface area contributed by atoms with E-state index < -0.39 is 0 Å². The SMILES string of the molecule is Cc1ccccc1CC(=O)N1CCCN(CCN)CC1. The van der Waals surface area contributed by atoms with Gasteiger partial charge in [0.15, 0.2) is 0 Å². The van der Waals surface area contributed by atoms with Gasteiger partial charge in [0.05, 0.1) is 6.42 Å². The van der Waals surface area contributed by atoms with Crippen molar-refractivity contribution in [2.45, 2.75) is 19.8 Å². The Kier molecular flexibility index (Phi) is 5.56. The highest BCUT2D eigenvalue weighted by Crippen LogP contribution is 2.11. The molecule has 0 aromatic heterocycles. The molecule has 0 spiro atoms. The summed E-state index contributed by atoms with van der Waals surface area (Å²) in [4.78, 5) is 16.8. The quantitative estimate of drug-likeness (QED) is 0.893. The summed E-state index contributed by atoms with van der Waals surface area (Å²) in [7, 11) is 0. The van der Waals surface area contributed by atoms with E-state index in [1.807, 2.05) is 23.1 Å². The van der Waals surface area contributed by atoms with Gasteiger partial charge in [0.1, 0.15) is 0 Å². The number of carbonyl (C=O) groups excluding carboxylic acids is 1. The minimum atomic E-state index is 0.244. The Balaban J connectivity index is 1.91. The lowest BCUT2D eigenvalue weighted by molar-refractivity contribution is -0.130. The highest BCUT2D eigenvalue weighted by atomic mass is 16.2. The van der Waals surface area contributed by atoms with Gasteiger partial charge in [-0.25, -0.2) is 0 Å². The first-order valence-corrected chi connectivity index (χ1v) is 7.45. The summed E-state index contributed by atoms with van der Waals surface area (Å²) in [6.07, 6.45) is 1.56. The minimum absolute atomic E-state index is 0.244. The number of benzene rings is 1. The topological polar surface area (TPSA) is 49.6 Å². The van der Waals surface area contributed by atoms with Gasteiger partial charge >= 0.3 is 0 Å². The predicted octanol–water partition coefficient (Wildman–Crippen LogP) is 1.03. The molecule has 1 amide bonds. The Bertz CT molecular complexity index is 447. The summed E-state index contributed by atoms with van der Waals surface area (Å²) in [6, 6.07) is 8.13. The van der Waals surface area contributed by atoms with Gasteiger partial charge in [-0.2, -0.15) is 0 Å². The maximum absolute atomic E-state index is 12.4. The monoisotopic (exact) mass is 275 g/mol. The first-order chi connectivity index (χ1) is 9.70. The van der Waals surface area contributed by atoms with E-state index in [1.54, 1.807) is 0 Å². The molecule has 1 aliphatic heterocycles. The average Bonchev–Trinajstić information content (AvgIpc) is 2.67. The molecule has 4 heteroatoms. The van der Waals surface area contributed by atoms with Crippen molar-refractivity contribution in [3.8, 4) is 0 Å². The number of amides is 1. The maximum atomic E-state index is 12.4. The number of aryl methyl sites for hydroxylation is 1. The number of hydrogen-bond donors (Lipinski definition) is 1. The molecule has 1 aliphatic rings. The van der Waals surface area contributed by atoms with Gasteiger partial charge in [0.2, 0.25) is 5.91 Å². The summed E-state index contributed by atoms with van der Waals surface area (Å²) in [5.74, 6) is 0.244. The molecule has 20 heavy (non-hydrogen) atoms. The van der Waals surface area contributed by atoms with E-state index in [0.29, 0.717) is 13.0 Å². The highest BCUT2D eigenvalue weighted by Gasteiger charge is 2.19. The van der Waals surface area contributed by atoms with Crippen molar-refractivity contribution in [1.82, 2.24) is 9.80 Å². The lowest BCUT2D eigenvalue weighted by Gasteiger charge is -2.22. The molecular weight excluding hydrogens is 250 g/mol. The fraction of sp³-hybridized carbons (Fsp3) is 0.562. The van der Waals surface area contributed by atoms with E-state index in [9.17, 15) is 4.79 Å². The first kappa shape index (κ1) is 15.0. The van der Waals surface area contributed by atoms with Crippen LogP contribution >= 0.6 is 0 Å². The van der Waals surface area contributed by atoms with E-state index in [0.717, 1.165) is 44.7 Å². The highest BCUT2D eigenvalue weighted by molar-refractivity contribution is 5.79. The van der Waals surface area contributed by atoms with Crippen molar-refractivity contribution >= 4 is 5.91 Å². The van der Waals surface area contributed by atoms with Crippen LogP contribution < -0.4 is 5.73 Å². The van der Waals surface area contributed by atoms with Gasteiger partial charge in [-0.05, 0) is 31.0 Å². The summed E-state index contributed by atoms with van der Waals surface area (Å²) >= 11 is 0. The lowest BCUT2D eigenvalue weighted by atomic mass is 10.1. The molecule has 1 aromatic carbocycles. The van der Waals surface area contributed by atoms with Gasteiger partial charge < -0.3 is 15.5 Å². The molecule has 2 rings (SSSR count). The van der Waals surface area contributed by atoms with Crippen LogP contribution in [0.5, 0.6) is 0 Å². The van der Waals surface area contributed by atoms with Crippen LogP contribution in [0.3, 0.4) is 0 Å². The Hall–Kier alpha value is -1.39. The van der Waals surface area contributed by atoms with E-state index in [4.69, 9.17) is 5.73 Å². The summed E-state index contributed by atoms with van der Waals surface area (Å²) < 4.78 is 0. The molecule has 0 saturated carbocycles. The molecule has 1 saturated heterocycles.